The van der Waals surface area contributed by atoms with E-state index in [4.69, 9.17) is 4.52 Å². The van der Waals surface area contributed by atoms with Crippen LogP contribution in [0.1, 0.15) is 5.89 Å². The minimum Gasteiger partial charge on any atom is -0.358 e. The molecule has 0 radical (unpaired) electrons. The first-order valence-electron chi connectivity index (χ1n) is 8.95. The Kier molecular flexibility index (Phi) is 5.35. The summed E-state index contributed by atoms with van der Waals surface area (Å²) in [6, 6.07) is 7.86. The summed E-state index contributed by atoms with van der Waals surface area (Å²) in [7, 11) is 0. The molecule has 1 amide bonds. The van der Waals surface area contributed by atoms with Gasteiger partial charge in [-0.15, -0.1) is 0 Å². The predicted molar refractivity (Wildman–Crippen MR) is 105 cm³/mol. The van der Waals surface area contributed by atoms with Crippen LogP contribution in [0.15, 0.2) is 53.4 Å². The van der Waals surface area contributed by atoms with Gasteiger partial charge in [-0.1, -0.05) is 5.16 Å². The van der Waals surface area contributed by atoms with Crippen LogP contribution >= 0.6 is 0 Å². The van der Waals surface area contributed by atoms with Gasteiger partial charge in [0.15, 0.2) is 0 Å². The van der Waals surface area contributed by atoms with Gasteiger partial charge >= 0.3 is 11.5 Å². The summed E-state index contributed by atoms with van der Waals surface area (Å²) < 4.78 is 7.62. The fourth-order valence-corrected chi connectivity index (χ4v) is 2.70. The summed E-state index contributed by atoms with van der Waals surface area (Å²) in [4.78, 5) is 36.5. The predicted octanol–water partition coefficient (Wildman–Crippen LogP) is 1.63. The lowest BCUT2D eigenvalue weighted by molar-refractivity contribution is -0.389. The maximum Gasteiger partial charge on any atom is 0.389 e. The van der Waals surface area contributed by atoms with E-state index in [1.165, 1.54) is 16.9 Å². The number of carbonyl (C=O) groups excluding carboxylic acids is 1. The van der Waals surface area contributed by atoms with Crippen molar-refractivity contribution in [2.24, 2.45) is 0 Å². The van der Waals surface area contributed by atoms with E-state index in [2.05, 4.69) is 25.7 Å². The van der Waals surface area contributed by atoms with Crippen molar-refractivity contribution in [1.82, 2.24) is 29.7 Å². The number of carbonyl (C=O) groups is 1. The number of rotatable bonds is 8. The molecule has 162 valence electrons. The lowest BCUT2D eigenvalue weighted by Crippen LogP contribution is -2.18. The Labute approximate surface area is 177 Å². The lowest BCUT2D eigenvalue weighted by Gasteiger charge is -2.05. The van der Waals surface area contributed by atoms with Gasteiger partial charge < -0.3 is 20.0 Å². The highest BCUT2D eigenvalue weighted by Gasteiger charge is 2.15. The summed E-state index contributed by atoms with van der Waals surface area (Å²) in [6.07, 6.45) is 3.66. The average molecular weight is 439 g/mol. The Bertz CT molecular complexity index is 1290. The van der Waals surface area contributed by atoms with Crippen molar-refractivity contribution in [3.63, 3.8) is 0 Å². The van der Waals surface area contributed by atoms with Crippen LogP contribution in [-0.4, -0.2) is 45.5 Å². The SMILES string of the molecule is O=C(Cn1cc([N+](=O)[O-])cn1)Nc1ccc(-c2noc(Cn3ccc([N+](=O)[O-])n3)n2)cc1. The highest BCUT2D eigenvalue weighted by Crippen LogP contribution is 2.19. The number of nitro groups is 2. The molecule has 0 aliphatic heterocycles. The van der Waals surface area contributed by atoms with Crippen molar-refractivity contribution in [3.05, 3.63) is 75.0 Å². The van der Waals surface area contributed by atoms with Crippen LogP contribution < -0.4 is 5.32 Å². The Morgan fingerprint density at radius 3 is 2.53 bits per heavy atom. The van der Waals surface area contributed by atoms with Crippen molar-refractivity contribution in [2.75, 3.05) is 5.32 Å². The zero-order valence-corrected chi connectivity index (χ0v) is 16.1. The molecule has 4 rings (SSSR count). The molecule has 0 aliphatic carbocycles. The van der Waals surface area contributed by atoms with E-state index in [-0.39, 0.29) is 30.5 Å². The molecule has 3 heterocycles. The zero-order chi connectivity index (χ0) is 22.7. The number of hydrogen-bond acceptors (Lipinski definition) is 10. The molecule has 0 atom stereocenters. The van der Waals surface area contributed by atoms with Crippen molar-refractivity contribution >= 4 is 23.1 Å². The molecule has 0 bridgehead atoms. The van der Waals surface area contributed by atoms with Crippen LogP contribution in [0.25, 0.3) is 11.4 Å². The standard InChI is InChI=1S/C17H13N9O6/c27-15(9-24-8-13(7-18-24)25(28)29)19-12-3-1-11(2-4-12)17-20-16(32-22-17)10-23-6-5-14(21-23)26(30)31/h1-8H,9-10H2,(H,19,27). The van der Waals surface area contributed by atoms with E-state index in [1.54, 1.807) is 24.3 Å². The minimum atomic E-state index is -0.602. The summed E-state index contributed by atoms with van der Waals surface area (Å²) in [5.74, 6) is -0.189. The number of nitrogens with zero attached hydrogens (tertiary/aromatic N) is 8. The third-order valence-corrected chi connectivity index (χ3v) is 4.14. The van der Waals surface area contributed by atoms with Crippen molar-refractivity contribution in [1.29, 1.82) is 0 Å². The molecule has 0 fully saturated rings. The molecule has 32 heavy (non-hydrogen) atoms. The Morgan fingerprint density at radius 2 is 1.88 bits per heavy atom. The summed E-state index contributed by atoms with van der Waals surface area (Å²) in [6.45, 7) is -0.115. The van der Waals surface area contributed by atoms with Gasteiger partial charge in [0.2, 0.25) is 11.7 Å². The minimum absolute atomic E-state index is 0.0700. The largest absolute Gasteiger partial charge is 0.389 e. The van der Waals surface area contributed by atoms with E-state index >= 15 is 0 Å². The molecule has 15 heteroatoms. The topological polar surface area (TPSA) is 190 Å². The third-order valence-electron chi connectivity index (χ3n) is 4.14. The van der Waals surface area contributed by atoms with E-state index in [0.717, 1.165) is 17.1 Å². The molecular formula is C17H13N9O6. The number of anilines is 1. The van der Waals surface area contributed by atoms with Gasteiger partial charge in [-0.25, -0.2) is 0 Å². The number of nitrogens with one attached hydrogen (secondary N) is 1. The van der Waals surface area contributed by atoms with E-state index in [0.29, 0.717) is 17.1 Å². The van der Waals surface area contributed by atoms with Gasteiger partial charge in [0.05, 0.1) is 22.3 Å². The molecule has 0 saturated heterocycles. The zero-order valence-electron chi connectivity index (χ0n) is 16.1. The molecule has 0 unspecified atom stereocenters. The molecule has 1 N–H and O–H groups in total. The lowest BCUT2D eigenvalue weighted by atomic mass is 10.2. The molecular weight excluding hydrogens is 426 g/mol. The normalized spacial score (nSPS) is 10.8. The first-order chi connectivity index (χ1) is 15.4. The second kappa shape index (κ2) is 8.42. The Balaban J connectivity index is 1.36. The fraction of sp³-hybridized carbons (Fsp3) is 0.118. The second-order valence-corrected chi connectivity index (χ2v) is 6.42. The first kappa shape index (κ1) is 20.3. The molecule has 15 nitrogen and oxygen atoms in total. The van der Waals surface area contributed by atoms with Gasteiger partial charge in [0.25, 0.3) is 5.89 Å². The van der Waals surface area contributed by atoms with Crippen molar-refractivity contribution in [2.45, 2.75) is 13.1 Å². The van der Waals surface area contributed by atoms with Gasteiger partial charge in [0, 0.05) is 11.3 Å². The second-order valence-electron chi connectivity index (χ2n) is 6.42. The molecule has 1 aromatic carbocycles. The number of hydrogen-bond donors (Lipinski definition) is 1. The monoisotopic (exact) mass is 439 g/mol. The van der Waals surface area contributed by atoms with E-state index < -0.39 is 15.8 Å². The van der Waals surface area contributed by atoms with Gasteiger partial charge in [-0.2, -0.15) is 14.8 Å². The summed E-state index contributed by atoms with van der Waals surface area (Å²) in [5.41, 5.74) is 0.910. The summed E-state index contributed by atoms with van der Waals surface area (Å²) in [5, 5.41) is 35.4. The number of aromatic nitrogens is 6. The van der Waals surface area contributed by atoms with Crippen LogP contribution in [-0.2, 0) is 17.9 Å². The van der Waals surface area contributed by atoms with Gasteiger partial charge in [-0.05, 0) is 29.2 Å². The Morgan fingerprint density at radius 1 is 1.09 bits per heavy atom. The number of amides is 1. The first-order valence-corrected chi connectivity index (χ1v) is 8.95. The highest BCUT2D eigenvalue weighted by molar-refractivity contribution is 5.90. The van der Waals surface area contributed by atoms with Crippen molar-refractivity contribution in [3.8, 4) is 11.4 Å². The maximum absolute atomic E-state index is 12.1. The van der Waals surface area contributed by atoms with Crippen LogP contribution in [0.2, 0.25) is 0 Å². The van der Waals surface area contributed by atoms with Crippen LogP contribution in [0, 0.1) is 20.2 Å². The fourth-order valence-electron chi connectivity index (χ4n) is 2.70. The number of benzene rings is 1. The molecule has 0 aliphatic rings. The van der Waals surface area contributed by atoms with Gasteiger partial charge in [0.1, 0.15) is 25.5 Å². The molecule has 0 saturated carbocycles. The highest BCUT2D eigenvalue weighted by atomic mass is 16.6. The molecule has 3 aromatic heterocycles. The van der Waals surface area contributed by atoms with E-state index in [1.807, 2.05) is 0 Å². The van der Waals surface area contributed by atoms with Crippen LogP contribution in [0.4, 0.5) is 17.2 Å². The van der Waals surface area contributed by atoms with Crippen LogP contribution in [0.3, 0.4) is 0 Å². The quantitative estimate of drug-likeness (QED) is 0.312. The van der Waals surface area contributed by atoms with E-state index in [9.17, 15) is 25.0 Å². The van der Waals surface area contributed by atoms with Crippen molar-refractivity contribution < 1.29 is 19.2 Å². The molecule has 4 aromatic rings. The maximum atomic E-state index is 12.1. The smallest absolute Gasteiger partial charge is 0.358 e. The molecule has 0 spiro atoms. The summed E-state index contributed by atoms with van der Waals surface area (Å²) >= 11 is 0. The van der Waals surface area contributed by atoms with Crippen LogP contribution in [0.5, 0.6) is 0 Å². The van der Waals surface area contributed by atoms with Gasteiger partial charge in [-0.3, -0.25) is 19.6 Å². The third kappa shape index (κ3) is 4.61. The average Bonchev–Trinajstić information content (AvgIpc) is 3.50. The Hall–Kier alpha value is -4.95.